The van der Waals surface area contributed by atoms with Gasteiger partial charge in [0.25, 0.3) is 5.69 Å². The molecule has 9 nitrogen and oxygen atoms in total. The van der Waals surface area contributed by atoms with Crippen molar-refractivity contribution in [1.82, 2.24) is 20.6 Å². The first kappa shape index (κ1) is 11.8. The Hall–Kier alpha value is -2.71. The molecule has 0 aliphatic rings. The number of anilines is 2. The lowest BCUT2D eigenvalue weighted by atomic mass is 10.2. The summed E-state index contributed by atoms with van der Waals surface area (Å²) in [4.78, 5) is 10.1. The lowest BCUT2D eigenvalue weighted by molar-refractivity contribution is -0.384. The molecule has 0 amide bonds. The number of rotatable bonds is 4. The third-order valence-electron chi connectivity index (χ3n) is 2.37. The van der Waals surface area contributed by atoms with Gasteiger partial charge in [0.2, 0.25) is 0 Å². The molecule has 94 valence electrons. The number of nitrogens with zero attached hydrogens (tertiary/aromatic N) is 4. The van der Waals surface area contributed by atoms with Crippen molar-refractivity contribution >= 4 is 17.1 Å². The number of nitro groups is 1. The highest BCUT2D eigenvalue weighted by Gasteiger charge is 2.13. The van der Waals surface area contributed by atoms with Crippen molar-refractivity contribution in [3.8, 4) is 0 Å². The first-order valence-corrected chi connectivity index (χ1v) is 5.11. The largest absolute Gasteiger partial charge is 0.397 e. The van der Waals surface area contributed by atoms with Gasteiger partial charge >= 0.3 is 0 Å². The number of tetrazole rings is 1. The summed E-state index contributed by atoms with van der Waals surface area (Å²) in [6.45, 7) is 1.83. The molecule has 2 aromatic rings. The Morgan fingerprint density at radius 3 is 2.89 bits per heavy atom. The first-order chi connectivity index (χ1) is 8.58. The summed E-state index contributed by atoms with van der Waals surface area (Å²) in [5.74, 6) is 0.479. The van der Waals surface area contributed by atoms with Gasteiger partial charge in [-0.3, -0.25) is 10.1 Å². The molecule has 0 spiro atoms. The standard InChI is InChI=1S/C9H11N7O2/c1-5(9-12-14-15-13-9)11-8-3-2-6(16(17)18)4-7(8)10/h2-5,11H,10H2,1H3,(H,12,13,14,15). The summed E-state index contributed by atoms with van der Waals surface area (Å²) in [6.07, 6.45) is 0. The maximum atomic E-state index is 10.6. The molecule has 4 N–H and O–H groups in total. The summed E-state index contributed by atoms with van der Waals surface area (Å²) in [5.41, 5.74) is 6.55. The van der Waals surface area contributed by atoms with E-state index in [2.05, 4.69) is 25.9 Å². The lowest BCUT2D eigenvalue weighted by Gasteiger charge is -2.13. The van der Waals surface area contributed by atoms with Crippen molar-refractivity contribution in [2.75, 3.05) is 11.1 Å². The highest BCUT2D eigenvalue weighted by atomic mass is 16.6. The van der Waals surface area contributed by atoms with Gasteiger partial charge in [0.1, 0.15) is 0 Å². The minimum atomic E-state index is -0.497. The molecule has 1 aromatic heterocycles. The second-order valence-electron chi connectivity index (χ2n) is 3.66. The van der Waals surface area contributed by atoms with Crippen LogP contribution in [-0.2, 0) is 0 Å². The molecular formula is C9H11N7O2. The lowest BCUT2D eigenvalue weighted by Crippen LogP contribution is -2.10. The molecule has 1 atom stereocenters. The molecule has 0 saturated carbocycles. The molecule has 1 aromatic carbocycles. The maximum Gasteiger partial charge on any atom is 0.271 e. The predicted molar refractivity (Wildman–Crippen MR) is 63.7 cm³/mol. The average Bonchev–Trinajstić information content (AvgIpc) is 2.85. The topological polar surface area (TPSA) is 136 Å². The van der Waals surface area contributed by atoms with Gasteiger partial charge < -0.3 is 11.1 Å². The Kier molecular flexibility index (Phi) is 3.04. The van der Waals surface area contributed by atoms with Gasteiger partial charge in [0.05, 0.1) is 22.3 Å². The molecule has 0 fully saturated rings. The van der Waals surface area contributed by atoms with Gasteiger partial charge in [0.15, 0.2) is 5.82 Å². The normalized spacial score (nSPS) is 12.1. The van der Waals surface area contributed by atoms with Crippen LogP contribution in [0.4, 0.5) is 17.1 Å². The Morgan fingerprint density at radius 2 is 2.33 bits per heavy atom. The van der Waals surface area contributed by atoms with Crippen LogP contribution in [0.3, 0.4) is 0 Å². The zero-order chi connectivity index (χ0) is 13.1. The third-order valence-corrected chi connectivity index (χ3v) is 2.37. The molecule has 0 aliphatic heterocycles. The number of nitro benzene ring substituents is 1. The maximum absolute atomic E-state index is 10.6. The number of hydrogen-bond donors (Lipinski definition) is 3. The van der Waals surface area contributed by atoms with E-state index in [-0.39, 0.29) is 11.7 Å². The summed E-state index contributed by atoms with van der Waals surface area (Å²) < 4.78 is 0. The van der Waals surface area contributed by atoms with E-state index in [4.69, 9.17) is 5.73 Å². The number of hydrogen-bond acceptors (Lipinski definition) is 7. The molecule has 0 radical (unpaired) electrons. The smallest absolute Gasteiger partial charge is 0.271 e. The van der Waals surface area contributed by atoms with Crippen molar-refractivity contribution in [3.05, 3.63) is 34.1 Å². The Labute approximate surface area is 102 Å². The minimum absolute atomic E-state index is 0.0507. The number of benzene rings is 1. The van der Waals surface area contributed by atoms with Crippen LogP contribution in [0.15, 0.2) is 18.2 Å². The summed E-state index contributed by atoms with van der Waals surface area (Å²) in [7, 11) is 0. The molecule has 0 aliphatic carbocycles. The van der Waals surface area contributed by atoms with E-state index in [1.807, 2.05) is 6.92 Å². The molecule has 9 heteroatoms. The summed E-state index contributed by atoms with van der Waals surface area (Å²) >= 11 is 0. The number of nitrogens with two attached hydrogens (primary N) is 1. The van der Waals surface area contributed by atoms with Gasteiger partial charge in [0, 0.05) is 12.1 Å². The minimum Gasteiger partial charge on any atom is -0.397 e. The highest BCUT2D eigenvalue weighted by Crippen LogP contribution is 2.26. The number of aromatic nitrogens is 4. The van der Waals surface area contributed by atoms with Crippen molar-refractivity contribution < 1.29 is 4.92 Å². The number of nitrogens with one attached hydrogen (secondary N) is 2. The van der Waals surface area contributed by atoms with Crippen LogP contribution in [0.25, 0.3) is 0 Å². The zero-order valence-corrected chi connectivity index (χ0v) is 9.49. The third kappa shape index (κ3) is 2.34. The zero-order valence-electron chi connectivity index (χ0n) is 9.49. The quantitative estimate of drug-likeness (QED) is 0.415. The molecule has 0 bridgehead atoms. The molecule has 1 heterocycles. The number of H-pyrrole nitrogens is 1. The fraction of sp³-hybridized carbons (Fsp3) is 0.222. The predicted octanol–water partition coefficient (Wildman–Crippen LogP) is 0.863. The number of non-ortho nitro benzene ring substituents is 1. The fourth-order valence-electron chi connectivity index (χ4n) is 1.45. The van der Waals surface area contributed by atoms with Crippen LogP contribution >= 0.6 is 0 Å². The van der Waals surface area contributed by atoms with Crippen molar-refractivity contribution in [1.29, 1.82) is 0 Å². The van der Waals surface area contributed by atoms with Crippen LogP contribution in [-0.4, -0.2) is 25.5 Å². The van der Waals surface area contributed by atoms with E-state index in [1.165, 1.54) is 12.1 Å². The second-order valence-corrected chi connectivity index (χ2v) is 3.66. The Morgan fingerprint density at radius 1 is 1.56 bits per heavy atom. The average molecular weight is 249 g/mol. The monoisotopic (exact) mass is 249 g/mol. The highest BCUT2D eigenvalue weighted by molar-refractivity contribution is 5.69. The van der Waals surface area contributed by atoms with Crippen molar-refractivity contribution in [2.45, 2.75) is 13.0 Å². The van der Waals surface area contributed by atoms with E-state index in [0.29, 0.717) is 17.2 Å². The van der Waals surface area contributed by atoms with Crippen LogP contribution in [0.1, 0.15) is 18.8 Å². The van der Waals surface area contributed by atoms with E-state index in [1.54, 1.807) is 6.07 Å². The molecule has 0 saturated heterocycles. The summed E-state index contributed by atoms with van der Waals surface area (Å²) in [6, 6.07) is 4.00. The fourth-order valence-corrected chi connectivity index (χ4v) is 1.45. The van der Waals surface area contributed by atoms with Gasteiger partial charge in [-0.05, 0) is 13.0 Å². The van der Waals surface area contributed by atoms with E-state index < -0.39 is 4.92 Å². The van der Waals surface area contributed by atoms with E-state index in [9.17, 15) is 10.1 Å². The molecule has 18 heavy (non-hydrogen) atoms. The second kappa shape index (κ2) is 4.65. The molecular weight excluding hydrogens is 238 g/mol. The van der Waals surface area contributed by atoms with Crippen molar-refractivity contribution in [2.24, 2.45) is 0 Å². The first-order valence-electron chi connectivity index (χ1n) is 5.11. The van der Waals surface area contributed by atoms with Gasteiger partial charge in [-0.2, -0.15) is 5.21 Å². The molecule has 1 unspecified atom stereocenters. The number of nitrogen functional groups attached to an aromatic ring is 1. The van der Waals surface area contributed by atoms with Gasteiger partial charge in [-0.25, -0.2) is 0 Å². The van der Waals surface area contributed by atoms with Crippen LogP contribution in [0, 0.1) is 10.1 Å². The van der Waals surface area contributed by atoms with E-state index in [0.717, 1.165) is 0 Å². The van der Waals surface area contributed by atoms with E-state index >= 15 is 0 Å². The van der Waals surface area contributed by atoms with Crippen LogP contribution in [0.5, 0.6) is 0 Å². The van der Waals surface area contributed by atoms with Gasteiger partial charge in [-0.1, -0.05) is 5.21 Å². The van der Waals surface area contributed by atoms with Crippen LogP contribution < -0.4 is 11.1 Å². The Bertz CT molecular complexity index is 554. The SMILES string of the molecule is CC(Nc1ccc([N+](=O)[O-])cc1N)c1nn[nH]n1. The van der Waals surface area contributed by atoms with Gasteiger partial charge in [-0.15, -0.1) is 10.2 Å². The Balaban J connectivity index is 2.17. The number of aromatic amines is 1. The molecule has 2 rings (SSSR count). The summed E-state index contributed by atoms with van der Waals surface area (Å²) in [5, 5.41) is 27.1. The van der Waals surface area contributed by atoms with Crippen LogP contribution in [0.2, 0.25) is 0 Å². The van der Waals surface area contributed by atoms with Crippen molar-refractivity contribution in [3.63, 3.8) is 0 Å².